The third-order valence-electron chi connectivity index (χ3n) is 3.93. The summed E-state index contributed by atoms with van der Waals surface area (Å²) >= 11 is 0. The molecular formula is C20H23NO8S. The molecule has 0 fully saturated rings. The van der Waals surface area contributed by atoms with Crippen molar-refractivity contribution in [3.8, 4) is 11.5 Å². The molecular weight excluding hydrogens is 414 g/mol. The second-order valence-corrected chi connectivity index (χ2v) is 7.47. The quantitative estimate of drug-likeness (QED) is 0.595. The van der Waals surface area contributed by atoms with E-state index >= 15 is 0 Å². The topological polar surface area (TPSA) is 117 Å². The summed E-state index contributed by atoms with van der Waals surface area (Å²) in [6.07, 6.45) is 0. The third kappa shape index (κ3) is 5.20. The van der Waals surface area contributed by atoms with Crippen LogP contribution in [-0.4, -0.2) is 47.8 Å². The molecule has 0 atom stereocenters. The van der Waals surface area contributed by atoms with E-state index in [2.05, 4.69) is 4.72 Å². The molecule has 2 aromatic rings. The first-order chi connectivity index (χ1) is 14.3. The van der Waals surface area contributed by atoms with Gasteiger partial charge in [0.05, 0.1) is 44.2 Å². The average molecular weight is 437 g/mol. The van der Waals surface area contributed by atoms with E-state index in [9.17, 15) is 18.0 Å². The summed E-state index contributed by atoms with van der Waals surface area (Å²) in [5.41, 5.74) is -0.109. The number of carbonyl (C=O) groups excluding carboxylic acids is 2. The molecule has 2 aromatic carbocycles. The molecule has 0 aromatic heterocycles. The van der Waals surface area contributed by atoms with Gasteiger partial charge in [0.25, 0.3) is 10.0 Å². The van der Waals surface area contributed by atoms with Crippen LogP contribution < -0.4 is 14.2 Å². The second-order valence-electron chi connectivity index (χ2n) is 5.82. The van der Waals surface area contributed by atoms with Crippen LogP contribution in [0.3, 0.4) is 0 Å². The van der Waals surface area contributed by atoms with Crippen molar-refractivity contribution in [2.24, 2.45) is 0 Å². The van der Waals surface area contributed by atoms with Crippen molar-refractivity contribution in [2.75, 3.05) is 32.2 Å². The zero-order chi connectivity index (χ0) is 22.3. The first kappa shape index (κ1) is 23.0. The maximum Gasteiger partial charge on any atom is 0.340 e. The van der Waals surface area contributed by atoms with E-state index in [0.717, 1.165) is 0 Å². The molecule has 0 spiro atoms. The van der Waals surface area contributed by atoms with Crippen LogP contribution in [0.2, 0.25) is 0 Å². The number of benzene rings is 2. The van der Waals surface area contributed by atoms with Gasteiger partial charge in [-0.25, -0.2) is 18.0 Å². The molecule has 0 bridgehead atoms. The molecule has 2 rings (SSSR count). The Hall–Kier alpha value is -3.27. The number of hydrogen-bond acceptors (Lipinski definition) is 8. The van der Waals surface area contributed by atoms with E-state index in [1.165, 1.54) is 50.6 Å². The van der Waals surface area contributed by atoms with Crippen LogP contribution in [0.1, 0.15) is 34.6 Å². The van der Waals surface area contributed by atoms with Crippen molar-refractivity contribution < 1.29 is 37.0 Å². The standard InChI is InChI=1S/C20H23NO8S/c1-5-28-19(22)13-7-9-15(20(23)29-6-2)16(11-13)21-30(24,25)18-10-8-14(26-3)12-17(18)27-4/h7-12,21H,5-6H2,1-4H3. The van der Waals surface area contributed by atoms with Gasteiger partial charge in [0.1, 0.15) is 16.4 Å². The smallest absolute Gasteiger partial charge is 0.340 e. The average Bonchev–Trinajstić information content (AvgIpc) is 2.73. The molecule has 0 unspecified atom stereocenters. The third-order valence-corrected chi connectivity index (χ3v) is 5.34. The minimum absolute atomic E-state index is 0.0427. The monoisotopic (exact) mass is 437 g/mol. The van der Waals surface area contributed by atoms with Gasteiger partial charge in [0.2, 0.25) is 0 Å². The lowest BCUT2D eigenvalue weighted by Gasteiger charge is -2.15. The fraction of sp³-hybridized carbons (Fsp3) is 0.300. The number of nitrogens with one attached hydrogen (secondary N) is 1. The highest BCUT2D eigenvalue weighted by Crippen LogP contribution is 2.31. The zero-order valence-electron chi connectivity index (χ0n) is 17.1. The number of carbonyl (C=O) groups is 2. The molecule has 0 aliphatic heterocycles. The molecule has 0 amide bonds. The number of hydrogen-bond donors (Lipinski definition) is 1. The van der Waals surface area contributed by atoms with Gasteiger partial charge in [0.15, 0.2) is 0 Å². The van der Waals surface area contributed by atoms with E-state index in [1.54, 1.807) is 13.8 Å². The van der Waals surface area contributed by atoms with Gasteiger partial charge in [-0.1, -0.05) is 0 Å². The first-order valence-electron chi connectivity index (χ1n) is 9.00. The van der Waals surface area contributed by atoms with E-state index in [-0.39, 0.29) is 40.7 Å². The molecule has 10 heteroatoms. The molecule has 0 saturated carbocycles. The van der Waals surface area contributed by atoms with Gasteiger partial charge in [-0.3, -0.25) is 4.72 Å². The number of ether oxygens (including phenoxy) is 4. The van der Waals surface area contributed by atoms with Crippen molar-refractivity contribution in [3.05, 3.63) is 47.5 Å². The highest BCUT2D eigenvalue weighted by Gasteiger charge is 2.24. The van der Waals surface area contributed by atoms with Crippen molar-refractivity contribution in [2.45, 2.75) is 18.7 Å². The summed E-state index contributed by atoms with van der Waals surface area (Å²) in [5.74, 6) is -0.953. The predicted molar refractivity (Wildman–Crippen MR) is 109 cm³/mol. The Bertz CT molecular complexity index is 1030. The Morgan fingerprint density at radius 3 is 2.17 bits per heavy atom. The number of anilines is 1. The summed E-state index contributed by atoms with van der Waals surface area (Å²) in [7, 11) is -1.44. The first-order valence-corrected chi connectivity index (χ1v) is 10.5. The molecule has 1 N–H and O–H groups in total. The Labute approximate surface area is 174 Å². The SMILES string of the molecule is CCOC(=O)c1ccc(C(=O)OCC)c(NS(=O)(=O)c2ccc(OC)cc2OC)c1. The van der Waals surface area contributed by atoms with Crippen LogP contribution in [0, 0.1) is 0 Å². The summed E-state index contributed by atoms with van der Waals surface area (Å²) in [4.78, 5) is 24.2. The van der Waals surface area contributed by atoms with Gasteiger partial charge in [-0.15, -0.1) is 0 Å². The fourth-order valence-corrected chi connectivity index (χ4v) is 3.78. The Morgan fingerprint density at radius 1 is 0.900 bits per heavy atom. The van der Waals surface area contributed by atoms with Crippen LogP contribution in [0.5, 0.6) is 11.5 Å². The van der Waals surface area contributed by atoms with E-state index < -0.39 is 22.0 Å². The van der Waals surface area contributed by atoms with Crippen LogP contribution in [0.15, 0.2) is 41.3 Å². The molecule has 0 aliphatic carbocycles. The number of sulfonamides is 1. The molecule has 30 heavy (non-hydrogen) atoms. The molecule has 162 valence electrons. The largest absolute Gasteiger partial charge is 0.497 e. The summed E-state index contributed by atoms with van der Waals surface area (Å²) in [5, 5.41) is 0. The highest BCUT2D eigenvalue weighted by molar-refractivity contribution is 7.92. The minimum Gasteiger partial charge on any atom is -0.497 e. The molecule has 0 heterocycles. The Morgan fingerprint density at radius 2 is 1.57 bits per heavy atom. The normalized spacial score (nSPS) is 10.8. The lowest BCUT2D eigenvalue weighted by atomic mass is 10.1. The molecule has 0 saturated heterocycles. The van der Waals surface area contributed by atoms with Gasteiger partial charge in [0, 0.05) is 6.07 Å². The van der Waals surface area contributed by atoms with Gasteiger partial charge >= 0.3 is 11.9 Å². The van der Waals surface area contributed by atoms with Crippen molar-refractivity contribution in [1.82, 2.24) is 0 Å². The van der Waals surface area contributed by atoms with E-state index in [1.807, 2.05) is 0 Å². The van der Waals surface area contributed by atoms with Crippen molar-refractivity contribution in [1.29, 1.82) is 0 Å². The van der Waals surface area contributed by atoms with E-state index in [0.29, 0.717) is 5.75 Å². The van der Waals surface area contributed by atoms with Crippen LogP contribution in [0.4, 0.5) is 5.69 Å². The van der Waals surface area contributed by atoms with Crippen molar-refractivity contribution in [3.63, 3.8) is 0 Å². The van der Waals surface area contributed by atoms with Crippen LogP contribution >= 0.6 is 0 Å². The molecule has 0 radical (unpaired) electrons. The van der Waals surface area contributed by atoms with Crippen molar-refractivity contribution >= 4 is 27.6 Å². The fourth-order valence-electron chi connectivity index (χ4n) is 2.55. The lowest BCUT2D eigenvalue weighted by Crippen LogP contribution is -2.18. The highest BCUT2D eigenvalue weighted by atomic mass is 32.2. The minimum atomic E-state index is -4.20. The lowest BCUT2D eigenvalue weighted by molar-refractivity contribution is 0.0512. The summed E-state index contributed by atoms with van der Waals surface area (Å²) in [6, 6.07) is 8.05. The Kier molecular flexibility index (Phi) is 7.65. The van der Waals surface area contributed by atoms with Gasteiger partial charge in [-0.2, -0.15) is 0 Å². The summed E-state index contributed by atoms with van der Waals surface area (Å²) < 4.78 is 48.5. The van der Waals surface area contributed by atoms with Crippen LogP contribution in [-0.2, 0) is 19.5 Å². The number of methoxy groups -OCH3 is 2. The second kappa shape index (κ2) is 9.97. The Balaban J connectivity index is 2.54. The number of rotatable bonds is 9. The number of esters is 2. The predicted octanol–water partition coefficient (Wildman–Crippen LogP) is 2.86. The maximum atomic E-state index is 13.0. The maximum absolute atomic E-state index is 13.0. The van der Waals surface area contributed by atoms with Crippen LogP contribution in [0.25, 0.3) is 0 Å². The van der Waals surface area contributed by atoms with E-state index in [4.69, 9.17) is 18.9 Å². The summed E-state index contributed by atoms with van der Waals surface area (Å²) in [6.45, 7) is 3.50. The van der Waals surface area contributed by atoms with Gasteiger partial charge < -0.3 is 18.9 Å². The zero-order valence-corrected chi connectivity index (χ0v) is 17.9. The molecule has 0 aliphatic rings. The van der Waals surface area contributed by atoms with Gasteiger partial charge in [-0.05, 0) is 44.2 Å². The molecule has 9 nitrogen and oxygen atoms in total.